The first-order valence-electron chi connectivity index (χ1n) is 6.63. The van der Waals surface area contributed by atoms with E-state index < -0.39 is 28.5 Å². The number of carbonyl (C=O) groups excluding carboxylic acids is 2. The Kier molecular flexibility index (Phi) is 2.65. The Morgan fingerprint density at radius 2 is 2.14 bits per heavy atom. The summed E-state index contributed by atoms with van der Waals surface area (Å²) in [5.41, 5.74) is 0.892. The van der Waals surface area contributed by atoms with Crippen LogP contribution in [0.2, 0.25) is 0 Å². The van der Waals surface area contributed by atoms with Crippen molar-refractivity contribution in [3.63, 3.8) is 0 Å². The van der Waals surface area contributed by atoms with Gasteiger partial charge in [0.1, 0.15) is 0 Å². The van der Waals surface area contributed by atoms with Crippen LogP contribution in [0.4, 0.5) is 0 Å². The Morgan fingerprint density at radius 1 is 1.38 bits per heavy atom. The minimum Gasteiger partial charge on any atom is -0.392 e. The highest BCUT2D eigenvalue weighted by Crippen LogP contribution is 2.64. The molecule has 1 spiro atoms. The van der Waals surface area contributed by atoms with Crippen LogP contribution >= 0.6 is 21.6 Å². The molecular formula is C13H14N2O4S2. The van der Waals surface area contributed by atoms with Crippen molar-refractivity contribution >= 4 is 33.4 Å². The summed E-state index contributed by atoms with van der Waals surface area (Å²) in [7, 11) is 4.14. The fraction of sp³-hybridized carbons (Fsp3) is 0.538. The van der Waals surface area contributed by atoms with Crippen molar-refractivity contribution in [3.8, 4) is 0 Å². The van der Waals surface area contributed by atoms with E-state index in [1.165, 1.54) is 31.4 Å². The van der Waals surface area contributed by atoms with Gasteiger partial charge >= 0.3 is 0 Å². The van der Waals surface area contributed by atoms with Gasteiger partial charge in [0.05, 0.1) is 18.8 Å². The van der Waals surface area contributed by atoms with Crippen molar-refractivity contribution in [2.75, 3.05) is 13.7 Å². The number of allylic oxidation sites excluding steroid dienone is 2. The lowest BCUT2D eigenvalue weighted by molar-refractivity contribution is -0.168. The second-order valence-corrected chi connectivity index (χ2v) is 8.36. The molecule has 0 saturated carbocycles. The summed E-state index contributed by atoms with van der Waals surface area (Å²) >= 11 is 0. The number of rotatable bonds is 1. The minimum atomic E-state index is -1.28. The first-order chi connectivity index (χ1) is 9.98. The third-order valence-corrected chi connectivity index (χ3v) is 8.33. The summed E-state index contributed by atoms with van der Waals surface area (Å²) < 4.78 is 0. The SMILES string of the molecule is CN1C(=O)[C@@]23CC4=CC=C[C@H](O)[C@H]4N2C(=O)[C@@]1(CO)SS3. The maximum Gasteiger partial charge on any atom is 0.264 e. The molecule has 4 saturated heterocycles. The normalized spacial score (nSPS) is 44.0. The number of hydrogen-bond donors (Lipinski definition) is 2. The number of fused-ring (bicyclic) bond motifs is 3. The lowest BCUT2D eigenvalue weighted by Crippen LogP contribution is -2.77. The molecule has 8 heteroatoms. The van der Waals surface area contributed by atoms with Crippen molar-refractivity contribution in [1.82, 2.24) is 9.80 Å². The van der Waals surface area contributed by atoms with Gasteiger partial charge < -0.3 is 20.0 Å². The van der Waals surface area contributed by atoms with Crippen molar-refractivity contribution in [2.24, 2.45) is 0 Å². The van der Waals surface area contributed by atoms with Crippen molar-refractivity contribution in [2.45, 2.75) is 28.3 Å². The zero-order valence-electron chi connectivity index (χ0n) is 11.2. The van der Waals surface area contributed by atoms with E-state index in [1.54, 1.807) is 19.2 Å². The van der Waals surface area contributed by atoms with Gasteiger partial charge in [-0.3, -0.25) is 9.59 Å². The maximum atomic E-state index is 12.9. The molecule has 0 unspecified atom stereocenters. The quantitative estimate of drug-likeness (QED) is 0.644. The predicted molar refractivity (Wildman–Crippen MR) is 79.0 cm³/mol. The van der Waals surface area contributed by atoms with Crippen LogP contribution in [0.25, 0.3) is 0 Å². The zero-order chi connectivity index (χ0) is 15.0. The Hall–Kier alpha value is -0.960. The van der Waals surface area contributed by atoms with Gasteiger partial charge in [-0.2, -0.15) is 0 Å². The summed E-state index contributed by atoms with van der Waals surface area (Å²) in [6.45, 7) is -0.435. The van der Waals surface area contributed by atoms with Crippen LogP contribution in [0.5, 0.6) is 0 Å². The number of hydrogen-bond acceptors (Lipinski definition) is 6. The molecule has 0 aromatic heterocycles. The van der Waals surface area contributed by atoms with Gasteiger partial charge in [-0.25, -0.2) is 0 Å². The number of piperazine rings is 1. The molecule has 2 amide bonds. The molecule has 4 atom stereocenters. The van der Waals surface area contributed by atoms with Gasteiger partial charge in [0.25, 0.3) is 11.8 Å². The highest BCUT2D eigenvalue weighted by Gasteiger charge is 2.73. The summed E-state index contributed by atoms with van der Waals surface area (Å²) in [6.07, 6.45) is 4.87. The molecule has 5 aliphatic rings. The van der Waals surface area contributed by atoms with E-state index in [0.717, 1.165) is 5.57 Å². The second-order valence-electron chi connectivity index (χ2n) is 5.67. The van der Waals surface area contributed by atoms with E-state index in [2.05, 4.69) is 0 Å². The largest absolute Gasteiger partial charge is 0.392 e. The number of aliphatic hydroxyl groups excluding tert-OH is 2. The van der Waals surface area contributed by atoms with Crippen molar-refractivity contribution < 1.29 is 19.8 Å². The first-order valence-corrected chi connectivity index (χ1v) is 8.78. The Morgan fingerprint density at radius 3 is 2.86 bits per heavy atom. The van der Waals surface area contributed by atoms with Crippen LogP contribution in [-0.4, -0.2) is 67.4 Å². The molecule has 2 bridgehead atoms. The molecule has 0 radical (unpaired) electrons. The molecule has 112 valence electrons. The number of likely N-dealkylation sites (N-methyl/N-ethyl adjacent to an activating group) is 1. The van der Waals surface area contributed by atoms with E-state index in [-0.39, 0.29) is 11.8 Å². The van der Waals surface area contributed by atoms with Crippen LogP contribution in [0.3, 0.4) is 0 Å². The second kappa shape index (κ2) is 4.07. The third-order valence-electron chi connectivity index (χ3n) is 4.70. The monoisotopic (exact) mass is 326 g/mol. The van der Waals surface area contributed by atoms with Crippen molar-refractivity contribution in [3.05, 3.63) is 23.8 Å². The molecule has 4 heterocycles. The molecule has 2 N–H and O–H groups in total. The van der Waals surface area contributed by atoms with Crippen LogP contribution < -0.4 is 0 Å². The number of aliphatic hydroxyl groups is 2. The molecule has 4 aliphatic heterocycles. The van der Waals surface area contributed by atoms with Gasteiger partial charge in [-0.15, -0.1) is 0 Å². The molecule has 0 aromatic rings. The third kappa shape index (κ3) is 1.35. The Bertz CT molecular complexity index is 621. The fourth-order valence-corrected chi connectivity index (χ4v) is 7.12. The summed E-state index contributed by atoms with van der Waals surface area (Å²) in [4.78, 5) is 26.4. The first kappa shape index (κ1) is 13.7. The van der Waals surface area contributed by atoms with E-state index in [0.29, 0.717) is 6.42 Å². The lowest BCUT2D eigenvalue weighted by atomic mass is 9.97. The highest BCUT2D eigenvalue weighted by molar-refractivity contribution is 8.78. The number of nitrogens with zero attached hydrogens (tertiary/aromatic N) is 2. The Labute approximate surface area is 129 Å². The average Bonchev–Trinajstić information content (AvgIpc) is 2.83. The van der Waals surface area contributed by atoms with E-state index in [9.17, 15) is 19.8 Å². The topological polar surface area (TPSA) is 81.1 Å². The molecule has 4 fully saturated rings. The molecular weight excluding hydrogens is 312 g/mol. The summed E-state index contributed by atoms with van der Waals surface area (Å²) in [5, 5.41) is 20.0. The minimum absolute atomic E-state index is 0.178. The van der Waals surface area contributed by atoms with Crippen molar-refractivity contribution in [1.29, 1.82) is 0 Å². The fourth-order valence-electron chi connectivity index (χ4n) is 3.55. The predicted octanol–water partition coefficient (Wildman–Crippen LogP) is -0.304. The molecule has 21 heavy (non-hydrogen) atoms. The maximum absolute atomic E-state index is 12.9. The molecule has 1 aliphatic carbocycles. The highest BCUT2D eigenvalue weighted by atomic mass is 33.1. The average molecular weight is 326 g/mol. The van der Waals surface area contributed by atoms with Gasteiger partial charge in [0.2, 0.25) is 4.87 Å². The van der Waals surface area contributed by atoms with Gasteiger partial charge in [-0.1, -0.05) is 29.0 Å². The molecule has 0 aromatic carbocycles. The van der Waals surface area contributed by atoms with E-state index >= 15 is 0 Å². The molecule has 5 rings (SSSR count). The van der Waals surface area contributed by atoms with Gasteiger partial charge in [-0.05, 0) is 16.4 Å². The van der Waals surface area contributed by atoms with Gasteiger partial charge in [0, 0.05) is 13.5 Å². The summed E-state index contributed by atoms with van der Waals surface area (Å²) in [6, 6.07) is -0.500. The van der Waals surface area contributed by atoms with E-state index in [1.807, 2.05) is 6.08 Å². The van der Waals surface area contributed by atoms with Crippen LogP contribution in [0.15, 0.2) is 23.8 Å². The number of carbonyl (C=O) groups is 2. The summed E-state index contributed by atoms with van der Waals surface area (Å²) in [5.74, 6) is -0.471. The molecule has 6 nitrogen and oxygen atoms in total. The number of amides is 2. The lowest BCUT2D eigenvalue weighted by Gasteiger charge is -2.58. The van der Waals surface area contributed by atoms with Crippen LogP contribution in [-0.2, 0) is 9.59 Å². The van der Waals surface area contributed by atoms with Crippen LogP contribution in [0, 0.1) is 0 Å². The van der Waals surface area contributed by atoms with Crippen LogP contribution in [0.1, 0.15) is 6.42 Å². The standard InChI is InChI=1S/C13H14N2O4S2/c1-14-10(18)12-5-7-3-2-4-8(17)9(7)15(12)11(19)13(14,6-16)21-20-12/h2-4,8-9,16-17H,5-6H2,1H3/t8-,9-,12-,13+/m0/s1. The zero-order valence-corrected chi connectivity index (χ0v) is 12.9. The Balaban J connectivity index is 1.90. The van der Waals surface area contributed by atoms with E-state index in [4.69, 9.17) is 0 Å². The van der Waals surface area contributed by atoms with Gasteiger partial charge in [0.15, 0.2) is 4.87 Å². The smallest absolute Gasteiger partial charge is 0.264 e.